The van der Waals surface area contributed by atoms with E-state index in [0.717, 1.165) is 11.1 Å². The first kappa shape index (κ1) is 13.3. The van der Waals surface area contributed by atoms with Gasteiger partial charge in [-0.05, 0) is 37.5 Å². The lowest BCUT2D eigenvalue weighted by Gasteiger charge is -2.10. The Morgan fingerprint density at radius 3 is 2.42 bits per heavy atom. The molecular formula is C14H17FN4. The predicted molar refractivity (Wildman–Crippen MR) is 74.4 cm³/mol. The number of benzene rings is 1. The van der Waals surface area contributed by atoms with Crippen LogP contribution in [0.25, 0.3) is 0 Å². The molecule has 2 aromatic rings. The molecule has 1 heterocycles. The monoisotopic (exact) mass is 260 g/mol. The summed E-state index contributed by atoms with van der Waals surface area (Å²) in [6.45, 7) is 6.00. The maximum atomic E-state index is 13.5. The number of nitrogens with one attached hydrogen (secondary N) is 1. The van der Waals surface area contributed by atoms with E-state index < -0.39 is 0 Å². The number of rotatable bonds is 3. The fourth-order valence-electron chi connectivity index (χ4n) is 1.96. The van der Waals surface area contributed by atoms with Crippen LogP contribution in [-0.4, -0.2) is 9.97 Å². The van der Waals surface area contributed by atoms with Crippen molar-refractivity contribution in [2.45, 2.75) is 27.3 Å². The standard InChI is InChI=1S/C14H17FN4/c1-8-4-11(5-9(2)12(8)15)7-17-13-10(3)6-18-14(16)19-13/h4-6H,7H2,1-3H3,(H3,16,17,18,19). The number of hydrogen-bond donors (Lipinski definition) is 2. The van der Waals surface area contributed by atoms with Gasteiger partial charge in [0.25, 0.3) is 0 Å². The molecule has 0 unspecified atom stereocenters. The van der Waals surface area contributed by atoms with E-state index in [4.69, 9.17) is 5.73 Å². The summed E-state index contributed by atoms with van der Waals surface area (Å²) in [6.07, 6.45) is 1.67. The molecule has 19 heavy (non-hydrogen) atoms. The highest BCUT2D eigenvalue weighted by Crippen LogP contribution is 2.17. The van der Waals surface area contributed by atoms with Crippen molar-refractivity contribution in [3.63, 3.8) is 0 Å². The lowest BCUT2D eigenvalue weighted by molar-refractivity contribution is 0.608. The normalized spacial score (nSPS) is 10.5. The Labute approximate surface area is 111 Å². The molecule has 0 aliphatic heterocycles. The van der Waals surface area contributed by atoms with E-state index in [2.05, 4.69) is 15.3 Å². The molecule has 4 nitrogen and oxygen atoms in total. The number of nitrogen functional groups attached to an aromatic ring is 1. The van der Waals surface area contributed by atoms with Crippen molar-refractivity contribution in [1.82, 2.24) is 9.97 Å². The first-order valence-electron chi connectivity index (χ1n) is 6.06. The quantitative estimate of drug-likeness (QED) is 0.890. The smallest absolute Gasteiger partial charge is 0.221 e. The van der Waals surface area contributed by atoms with E-state index in [0.29, 0.717) is 23.5 Å². The van der Waals surface area contributed by atoms with Crippen LogP contribution in [-0.2, 0) is 6.54 Å². The summed E-state index contributed by atoms with van der Waals surface area (Å²) in [5, 5.41) is 3.19. The maximum absolute atomic E-state index is 13.5. The van der Waals surface area contributed by atoms with Gasteiger partial charge in [-0.2, -0.15) is 4.98 Å². The van der Waals surface area contributed by atoms with Crippen molar-refractivity contribution < 1.29 is 4.39 Å². The van der Waals surface area contributed by atoms with Gasteiger partial charge in [0.1, 0.15) is 11.6 Å². The molecule has 5 heteroatoms. The molecule has 0 amide bonds. The summed E-state index contributed by atoms with van der Waals surface area (Å²) < 4.78 is 13.5. The number of aromatic nitrogens is 2. The van der Waals surface area contributed by atoms with Crippen LogP contribution in [0.5, 0.6) is 0 Å². The molecule has 2 rings (SSSR count). The molecule has 100 valence electrons. The van der Waals surface area contributed by atoms with E-state index in [1.54, 1.807) is 20.0 Å². The van der Waals surface area contributed by atoms with Gasteiger partial charge in [0, 0.05) is 18.3 Å². The van der Waals surface area contributed by atoms with Gasteiger partial charge in [0.15, 0.2) is 0 Å². The summed E-state index contributed by atoms with van der Waals surface area (Å²) in [6, 6.07) is 3.66. The highest BCUT2D eigenvalue weighted by Gasteiger charge is 2.06. The Hall–Kier alpha value is -2.17. The largest absolute Gasteiger partial charge is 0.368 e. The molecule has 0 bridgehead atoms. The summed E-state index contributed by atoms with van der Waals surface area (Å²) >= 11 is 0. The minimum absolute atomic E-state index is 0.147. The number of nitrogens with zero attached hydrogens (tertiary/aromatic N) is 2. The second-order valence-electron chi connectivity index (χ2n) is 4.66. The van der Waals surface area contributed by atoms with E-state index in [-0.39, 0.29) is 11.8 Å². The fourth-order valence-corrected chi connectivity index (χ4v) is 1.96. The van der Waals surface area contributed by atoms with Crippen LogP contribution in [0.15, 0.2) is 18.3 Å². The number of anilines is 2. The average molecular weight is 260 g/mol. The van der Waals surface area contributed by atoms with Crippen molar-refractivity contribution in [1.29, 1.82) is 0 Å². The minimum Gasteiger partial charge on any atom is -0.368 e. The third kappa shape index (κ3) is 2.99. The van der Waals surface area contributed by atoms with Crippen molar-refractivity contribution in [3.8, 4) is 0 Å². The number of aryl methyl sites for hydroxylation is 3. The van der Waals surface area contributed by atoms with Crippen molar-refractivity contribution in [3.05, 3.63) is 46.4 Å². The van der Waals surface area contributed by atoms with Crippen molar-refractivity contribution >= 4 is 11.8 Å². The van der Waals surface area contributed by atoms with Crippen LogP contribution >= 0.6 is 0 Å². The van der Waals surface area contributed by atoms with Crippen LogP contribution in [0.4, 0.5) is 16.2 Å². The SMILES string of the molecule is Cc1cnc(N)nc1NCc1cc(C)c(F)c(C)c1. The molecule has 0 aliphatic rings. The van der Waals surface area contributed by atoms with Gasteiger partial charge in [-0.3, -0.25) is 0 Å². The van der Waals surface area contributed by atoms with E-state index >= 15 is 0 Å². The van der Waals surface area contributed by atoms with Crippen LogP contribution in [0.3, 0.4) is 0 Å². The Balaban J connectivity index is 2.17. The van der Waals surface area contributed by atoms with Crippen LogP contribution < -0.4 is 11.1 Å². The molecular weight excluding hydrogens is 243 g/mol. The third-order valence-electron chi connectivity index (χ3n) is 2.95. The molecule has 0 aliphatic carbocycles. The van der Waals surface area contributed by atoms with Gasteiger partial charge in [-0.15, -0.1) is 0 Å². The van der Waals surface area contributed by atoms with Crippen LogP contribution in [0, 0.1) is 26.6 Å². The van der Waals surface area contributed by atoms with Gasteiger partial charge in [0.05, 0.1) is 0 Å². The first-order chi connectivity index (χ1) is 8.97. The van der Waals surface area contributed by atoms with Gasteiger partial charge in [-0.1, -0.05) is 12.1 Å². The lowest BCUT2D eigenvalue weighted by Crippen LogP contribution is -2.07. The summed E-state index contributed by atoms with van der Waals surface area (Å²) in [5.41, 5.74) is 8.78. The summed E-state index contributed by atoms with van der Waals surface area (Å²) in [7, 11) is 0. The molecule has 1 aromatic carbocycles. The van der Waals surface area contributed by atoms with Crippen LogP contribution in [0.1, 0.15) is 22.3 Å². The summed E-state index contributed by atoms with van der Waals surface area (Å²) in [5.74, 6) is 0.790. The van der Waals surface area contributed by atoms with Crippen LogP contribution in [0.2, 0.25) is 0 Å². The Morgan fingerprint density at radius 2 is 1.79 bits per heavy atom. The molecule has 1 aromatic heterocycles. The predicted octanol–water partition coefficient (Wildman–Crippen LogP) is 2.74. The molecule has 0 saturated carbocycles. The number of halogens is 1. The fraction of sp³-hybridized carbons (Fsp3) is 0.286. The lowest BCUT2D eigenvalue weighted by atomic mass is 10.1. The molecule has 3 N–H and O–H groups in total. The summed E-state index contributed by atoms with van der Waals surface area (Å²) in [4.78, 5) is 8.04. The van der Waals surface area contributed by atoms with Crippen molar-refractivity contribution in [2.24, 2.45) is 0 Å². The van der Waals surface area contributed by atoms with Gasteiger partial charge < -0.3 is 11.1 Å². The maximum Gasteiger partial charge on any atom is 0.221 e. The Morgan fingerprint density at radius 1 is 1.16 bits per heavy atom. The second kappa shape index (κ2) is 5.22. The van der Waals surface area contributed by atoms with E-state index in [1.165, 1.54) is 0 Å². The second-order valence-corrected chi connectivity index (χ2v) is 4.66. The van der Waals surface area contributed by atoms with E-state index in [9.17, 15) is 4.39 Å². The minimum atomic E-state index is -0.147. The third-order valence-corrected chi connectivity index (χ3v) is 2.95. The topological polar surface area (TPSA) is 63.8 Å². The zero-order chi connectivity index (χ0) is 14.0. The molecule has 0 spiro atoms. The van der Waals surface area contributed by atoms with Gasteiger partial charge >= 0.3 is 0 Å². The Kier molecular flexibility index (Phi) is 3.64. The average Bonchev–Trinajstić information content (AvgIpc) is 2.37. The van der Waals surface area contributed by atoms with E-state index in [1.807, 2.05) is 19.1 Å². The Bertz CT molecular complexity index is 587. The zero-order valence-electron chi connectivity index (χ0n) is 11.3. The molecule has 0 atom stereocenters. The van der Waals surface area contributed by atoms with Gasteiger partial charge in [0.2, 0.25) is 5.95 Å². The molecule has 0 saturated heterocycles. The molecule has 0 fully saturated rings. The number of nitrogens with two attached hydrogens (primary N) is 1. The first-order valence-corrected chi connectivity index (χ1v) is 6.06. The zero-order valence-corrected chi connectivity index (χ0v) is 11.3. The van der Waals surface area contributed by atoms with Gasteiger partial charge in [-0.25, -0.2) is 9.37 Å². The van der Waals surface area contributed by atoms with Crippen molar-refractivity contribution in [2.75, 3.05) is 11.1 Å². The number of hydrogen-bond acceptors (Lipinski definition) is 4. The highest BCUT2D eigenvalue weighted by molar-refractivity contribution is 5.46. The highest BCUT2D eigenvalue weighted by atomic mass is 19.1. The molecule has 0 radical (unpaired) electrons.